The van der Waals surface area contributed by atoms with Gasteiger partial charge in [-0.05, 0) is 51.5 Å². The minimum absolute atomic E-state index is 0.0607. The van der Waals surface area contributed by atoms with Gasteiger partial charge in [0.25, 0.3) is 0 Å². The molecule has 2 heterocycles. The lowest BCUT2D eigenvalue weighted by Gasteiger charge is -2.10. The van der Waals surface area contributed by atoms with Crippen molar-refractivity contribution in [1.29, 1.82) is 0 Å². The Morgan fingerprint density at radius 2 is 1.86 bits per heavy atom. The molecule has 0 aliphatic rings. The Hall–Kier alpha value is -4.28. The number of nitroso groups, excluding NO2 is 1. The van der Waals surface area contributed by atoms with Gasteiger partial charge in [-0.3, -0.25) is 0 Å². The summed E-state index contributed by atoms with van der Waals surface area (Å²) in [5.41, 5.74) is 13.2. The molecule has 11 heteroatoms. The third-order valence-corrected chi connectivity index (χ3v) is 4.25. The Morgan fingerprint density at radius 1 is 1.03 bits per heavy atom. The number of pyridine rings is 1. The number of benzene rings is 2. The van der Waals surface area contributed by atoms with Gasteiger partial charge in [-0.15, -0.1) is 10.0 Å². The summed E-state index contributed by atoms with van der Waals surface area (Å²) >= 11 is 0. The molecule has 29 heavy (non-hydrogen) atoms. The molecule has 0 spiro atoms. The molecule has 0 fully saturated rings. The highest BCUT2D eigenvalue weighted by atomic mass is 19.2. The van der Waals surface area contributed by atoms with E-state index in [1.807, 2.05) is 0 Å². The van der Waals surface area contributed by atoms with Gasteiger partial charge in [-0.2, -0.15) is 4.68 Å². The second kappa shape index (κ2) is 7.03. The fourth-order valence-electron chi connectivity index (χ4n) is 2.79. The minimum Gasteiger partial charge on any atom is -0.397 e. The van der Waals surface area contributed by atoms with Crippen LogP contribution < -0.4 is 11.5 Å². The lowest BCUT2D eigenvalue weighted by atomic mass is 10.0. The van der Waals surface area contributed by atoms with E-state index in [0.717, 1.165) is 10.7 Å². The number of aromatic nitrogens is 5. The first kappa shape index (κ1) is 18.1. The molecule has 0 bridgehead atoms. The summed E-state index contributed by atoms with van der Waals surface area (Å²) in [6.45, 7) is 0. The van der Waals surface area contributed by atoms with Crippen LogP contribution in [0.2, 0.25) is 0 Å². The fourth-order valence-corrected chi connectivity index (χ4v) is 2.79. The molecule has 4 aromatic rings. The highest BCUT2D eigenvalue weighted by Crippen LogP contribution is 2.33. The van der Waals surface area contributed by atoms with Crippen molar-refractivity contribution in [3.63, 3.8) is 0 Å². The van der Waals surface area contributed by atoms with Crippen LogP contribution in [-0.4, -0.2) is 25.2 Å². The Balaban J connectivity index is 1.86. The Labute approximate surface area is 162 Å². The molecule has 0 radical (unpaired) electrons. The maximum Gasteiger partial charge on any atom is 0.190 e. The molecule has 0 unspecified atom stereocenters. The summed E-state index contributed by atoms with van der Waals surface area (Å²) < 4.78 is 28.9. The summed E-state index contributed by atoms with van der Waals surface area (Å²) in [4.78, 5) is 15.0. The van der Waals surface area contributed by atoms with Crippen LogP contribution in [0.4, 0.5) is 26.0 Å². The van der Waals surface area contributed by atoms with E-state index < -0.39 is 11.6 Å². The topological polar surface area (TPSA) is 138 Å². The third kappa shape index (κ3) is 3.14. The van der Waals surface area contributed by atoms with E-state index >= 15 is 0 Å². The van der Waals surface area contributed by atoms with Crippen molar-refractivity contribution >= 4 is 17.2 Å². The second-order valence-corrected chi connectivity index (χ2v) is 6.01. The van der Waals surface area contributed by atoms with Crippen molar-refractivity contribution in [2.75, 3.05) is 11.5 Å². The van der Waals surface area contributed by atoms with E-state index in [4.69, 9.17) is 11.5 Å². The summed E-state index contributed by atoms with van der Waals surface area (Å²) in [7, 11) is 0. The van der Waals surface area contributed by atoms with Crippen LogP contribution in [0.3, 0.4) is 0 Å². The molecular formula is C18H12F2N8O. The average molecular weight is 394 g/mol. The van der Waals surface area contributed by atoms with E-state index in [1.54, 1.807) is 12.1 Å². The molecule has 9 nitrogen and oxygen atoms in total. The maximum absolute atomic E-state index is 14.2. The predicted molar refractivity (Wildman–Crippen MR) is 102 cm³/mol. The van der Waals surface area contributed by atoms with Gasteiger partial charge in [-0.25, -0.2) is 13.8 Å². The molecule has 0 amide bonds. The van der Waals surface area contributed by atoms with Gasteiger partial charge in [-0.1, -0.05) is 12.1 Å². The third-order valence-electron chi connectivity index (χ3n) is 4.25. The first-order chi connectivity index (χ1) is 14.0. The van der Waals surface area contributed by atoms with Crippen LogP contribution >= 0.6 is 0 Å². The van der Waals surface area contributed by atoms with Gasteiger partial charge in [0.1, 0.15) is 17.2 Å². The predicted octanol–water partition coefficient (Wildman–Crippen LogP) is 3.23. The lowest BCUT2D eigenvalue weighted by molar-refractivity contribution is 0.501. The summed E-state index contributed by atoms with van der Waals surface area (Å²) in [5.74, 6) is -2.01. The number of hydrogen-bond acceptors (Lipinski definition) is 8. The largest absolute Gasteiger partial charge is 0.397 e. The summed E-state index contributed by atoms with van der Waals surface area (Å²) in [6.07, 6.45) is 1.48. The monoisotopic (exact) mass is 394 g/mol. The number of halogens is 2. The van der Waals surface area contributed by atoms with Crippen LogP contribution in [0.1, 0.15) is 0 Å². The minimum atomic E-state index is -1.11. The molecule has 0 aliphatic heterocycles. The molecule has 144 valence electrons. The van der Waals surface area contributed by atoms with E-state index in [2.05, 4.69) is 25.7 Å². The molecule has 0 aliphatic carbocycles. The first-order valence-electron chi connectivity index (χ1n) is 8.21. The fraction of sp³-hybridized carbons (Fsp3) is 0. The normalized spacial score (nSPS) is 10.8. The molecule has 0 saturated carbocycles. The van der Waals surface area contributed by atoms with Crippen molar-refractivity contribution < 1.29 is 8.78 Å². The number of tetrazole rings is 1. The van der Waals surface area contributed by atoms with Gasteiger partial charge in [0.05, 0.1) is 11.3 Å². The second-order valence-electron chi connectivity index (χ2n) is 6.01. The van der Waals surface area contributed by atoms with E-state index in [-0.39, 0.29) is 34.3 Å². The number of hydrogen-bond donors (Lipinski definition) is 2. The van der Waals surface area contributed by atoms with Gasteiger partial charge >= 0.3 is 0 Å². The quantitative estimate of drug-likeness (QED) is 0.400. The molecule has 0 saturated heterocycles. The molecule has 4 rings (SSSR count). The Bertz CT molecular complexity index is 1240. The van der Waals surface area contributed by atoms with Crippen molar-refractivity contribution in [2.24, 2.45) is 5.18 Å². The summed E-state index contributed by atoms with van der Waals surface area (Å²) in [5, 5.41) is 14.1. The van der Waals surface area contributed by atoms with Gasteiger partial charge in [0.2, 0.25) is 0 Å². The number of anilines is 2. The molecule has 2 aromatic heterocycles. The smallest absolute Gasteiger partial charge is 0.190 e. The zero-order chi connectivity index (χ0) is 20.5. The van der Waals surface area contributed by atoms with Crippen LogP contribution in [0.25, 0.3) is 28.2 Å². The zero-order valence-corrected chi connectivity index (χ0v) is 14.6. The van der Waals surface area contributed by atoms with E-state index in [9.17, 15) is 13.7 Å². The van der Waals surface area contributed by atoms with Crippen molar-refractivity contribution in [2.45, 2.75) is 0 Å². The SMILES string of the molecule is Nc1ccc(-c2cnc(N)c(-c3nnnn3-c3cccc(F)c3F)c2)cc1N=O. The summed E-state index contributed by atoms with van der Waals surface area (Å²) in [6, 6.07) is 9.97. The van der Waals surface area contributed by atoms with Gasteiger partial charge in [0.15, 0.2) is 17.5 Å². The first-order valence-corrected chi connectivity index (χ1v) is 8.21. The number of nitrogens with two attached hydrogens (primary N) is 2. The van der Waals surface area contributed by atoms with Crippen molar-refractivity contribution in [3.05, 3.63) is 65.2 Å². The highest BCUT2D eigenvalue weighted by Gasteiger charge is 2.19. The highest BCUT2D eigenvalue weighted by molar-refractivity contribution is 5.79. The zero-order valence-electron chi connectivity index (χ0n) is 14.6. The van der Waals surface area contributed by atoms with Gasteiger partial charge in [0, 0.05) is 11.8 Å². The lowest BCUT2D eigenvalue weighted by Crippen LogP contribution is -2.06. The van der Waals surface area contributed by atoms with E-state index in [1.165, 1.54) is 30.5 Å². The van der Waals surface area contributed by atoms with Crippen LogP contribution in [0.5, 0.6) is 0 Å². The molecule has 2 aromatic carbocycles. The number of nitrogen functional groups attached to an aromatic ring is 2. The molecule has 0 atom stereocenters. The van der Waals surface area contributed by atoms with Crippen molar-refractivity contribution in [3.8, 4) is 28.2 Å². The van der Waals surface area contributed by atoms with Crippen LogP contribution in [0.15, 0.2) is 53.8 Å². The molecule has 4 N–H and O–H groups in total. The van der Waals surface area contributed by atoms with Gasteiger partial charge < -0.3 is 11.5 Å². The van der Waals surface area contributed by atoms with E-state index in [0.29, 0.717) is 11.1 Å². The van der Waals surface area contributed by atoms with Crippen molar-refractivity contribution in [1.82, 2.24) is 25.2 Å². The number of rotatable bonds is 4. The standard InChI is InChI=1S/C18H12F2N8O/c19-12-2-1-3-15(16(12)20)28-18(24-26-27-28)11-6-10(8-23-17(11)22)9-4-5-13(21)14(7-9)25-29/h1-8H,21H2,(H2,22,23). The van der Waals surface area contributed by atoms with Crippen LogP contribution in [-0.2, 0) is 0 Å². The van der Waals surface area contributed by atoms with Crippen LogP contribution in [0, 0.1) is 16.5 Å². The number of nitrogens with zero attached hydrogens (tertiary/aromatic N) is 6. The Morgan fingerprint density at radius 3 is 2.66 bits per heavy atom. The maximum atomic E-state index is 14.2. The molecular weight excluding hydrogens is 382 g/mol. The Kier molecular flexibility index (Phi) is 4.39. The average Bonchev–Trinajstić information content (AvgIpc) is 3.20.